The van der Waals surface area contributed by atoms with Crippen LogP contribution in [0, 0.1) is 11.6 Å². The first-order chi connectivity index (χ1) is 5.52. The van der Waals surface area contributed by atoms with E-state index in [0.29, 0.717) is 12.1 Å². The van der Waals surface area contributed by atoms with Gasteiger partial charge in [0.25, 0.3) is 0 Å². The number of benzene rings is 1. The summed E-state index contributed by atoms with van der Waals surface area (Å²) in [6, 6.07) is 1.17. The molecule has 1 rings (SSSR count). The van der Waals surface area contributed by atoms with Crippen LogP contribution in [0.4, 0.5) is 8.78 Å². The summed E-state index contributed by atoms with van der Waals surface area (Å²) in [5, 5.41) is -0.437. The number of hydrogen-bond donors (Lipinski definition) is 1. The van der Waals surface area contributed by atoms with Crippen LogP contribution < -0.4 is 0 Å². The molecule has 0 saturated heterocycles. The highest BCUT2D eigenvalue weighted by Crippen LogP contribution is 2.19. The third-order valence-corrected chi connectivity index (χ3v) is 2.21. The monoisotopic (exact) mass is 212 g/mol. The van der Waals surface area contributed by atoms with Crippen LogP contribution in [-0.2, 0) is 10.7 Å². The second-order valence-corrected chi connectivity index (χ2v) is 3.38. The maximum absolute atomic E-state index is 12.6. The van der Waals surface area contributed by atoms with Gasteiger partial charge in [0.2, 0.25) is 0 Å². The van der Waals surface area contributed by atoms with E-state index in [1.165, 1.54) is 0 Å². The van der Waals surface area contributed by atoms with Gasteiger partial charge in [-0.15, -0.1) is 0 Å². The molecule has 1 aromatic rings. The molecule has 0 spiro atoms. The van der Waals surface area contributed by atoms with Crippen molar-refractivity contribution in [1.82, 2.24) is 0 Å². The molecule has 0 N–H and O–H groups in total. The smallest absolute Gasteiger partial charge is 0.171 e. The Balaban J connectivity index is 3.43. The highest BCUT2D eigenvalue weighted by atomic mass is 35.5. The van der Waals surface area contributed by atoms with Gasteiger partial charge < -0.3 is 0 Å². The van der Waals surface area contributed by atoms with E-state index in [1.807, 2.05) is 0 Å². The SMILES string of the molecule is O=[SH](=O)c1cc(F)c(Cl)cc1F. The topological polar surface area (TPSA) is 34.1 Å². The number of halogens is 3. The molecule has 0 bridgehead atoms. The predicted molar refractivity (Wildman–Crippen MR) is 39.9 cm³/mol. The predicted octanol–water partition coefficient (Wildman–Crippen LogP) is 1.59. The summed E-state index contributed by atoms with van der Waals surface area (Å²) < 4.78 is 45.7. The summed E-state index contributed by atoms with van der Waals surface area (Å²) >= 11 is 5.18. The molecule has 1 aromatic carbocycles. The molecule has 0 aliphatic carbocycles. The Hall–Kier alpha value is -0.680. The van der Waals surface area contributed by atoms with E-state index >= 15 is 0 Å². The first-order valence-corrected chi connectivity index (χ1v) is 4.37. The Morgan fingerprint density at radius 3 is 2.25 bits per heavy atom. The van der Waals surface area contributed by atoms with E-state index in [1.54, 1.807) is 0 Å². The highest BCUT2D eigenvalue weighted by Gasteiger charge is 2.09. The lowest BCUT2D eigenvalue weighted by atomic mass is 10.3. The van der Waals surface area contributed by atoms with Crippen molar-refractivity contribution in [3.8, 4) is 0 Å². The van der Waals surface area contributed by atoms with E-state index in [9.17, 15) is 17.2 Å². The summed E-state index contributed by atoms with van der Waals surface area (Å²) in [7, 11) is -3.12. The number of rotatable bonds is 1. The van der Waals surface area contributed by atoms with Crippen molar-refractivity contribution in [3.05, 3.63) is 28.8 Å². The highest BCUT2D eigenvalue weighted by molar-refractivity contribution is 7.72. The zero-order chi connectivity index (χ0) is 9.30. The first-order valence-electron chi connectivity index (χ1n) is 2.81. The Labute approximate surface area is 73.7 Å². The number of hydrogen-bond acceptors (Lipinski definition) is 2. The van der Waals surface area contributed by atoms with Crippen molar-refractivity contribution in [2.45, 2.75) is 4.90 Å². The van der Waals surface area contributed by atoms with Crippen molar-refractivity contribution < 1.29 is 17.2 Å². The number of thiol groups is 1. The molecule has 0 saturated carbocycles. The normalized spacial score (nSPS) is 10.7. The Bertz CT molecular complexity index is 381. The van der Waals surface area contributed by atoms with Gasteiger partial charge in [-0.3, -0.25) is 0 Å². The quantitative estimate of drug-likeness (QED) is 0.567. The molecule has 0 aliphatic rings. The molecule has 6 heteroatoms. The molecule has 66 valence electrons. The van der Waals surface area contributed by atoms with Gasteiger partial charge in [0.15, 0.2) is 10.7 Å². The lowest BCUT2D eigenvalue weighted by Crippen LogP contribution is -1.90. The molecule has 0 atom stereocenters. The fraction of sp³-hybridized carbons (Fsp3) is 0. The van der Waals surface area contributed by atoms with E-state index in [-0.39, 0.29) is 0 Å². The summed E-state index contributed by atoms with van der Waals surface area (Å²) in [4.78, 5) is -0.688. The van der Waals surface area contributed by atoms with Gasteiger partial charge in [-0.1, -0.05) is 11.6 Å². The molecular weight excluding hydrogens is 210 g/mol. The van der Waals surface area contributed by atoms with E-state index in [0.717, 1.165) is 0 Å². The first kappa shape index (κ1) is 9.41. The second kappa shape index (κ2) is 3.37. The standard InChI is InChI=1S/C6H3ClF2O2S/c7-3-1-5(9)6(12(10)11)2-4(3)8/h1-2,12H. The Kier molecular flexibility index (Phi) is 2.64. The van der Waals surface area contributed by atoms with Gasteiger partial charge in [0.05, 0.1) is 5.02 Å². The summed E-state index contributed by atoms with van der Waals surface area (Å²) in [6.45, 7) is 0. The average Bonchev–Trinajstić information content (AvgIpc) is 1.96. The average molecular weight is 213 g/mol. The maximum atomic E-state index is 12.6. The molecule has 0 amide bonds. The summed E-state index contributed by atoms with van der Waals surface area (Å²) in [5.74, 6) is -2.00. The molecule has 0 unspecified atom stereocenters. The third kappa shape index (κ3) is 1.73. The van der Waals surface area contributed by atoms with Crippen molar-refractivity contribution in [1.29, 1.82) is 0 Å². The zero-order valence-corrected chi connectivity index (χ0v) is 7.20. The van der Waals surface area contributed by atoms with Crippen LogP contribution in [-0.4, -0.2) is 8.42 Å². The van der Waals surface area contributed by atoms with E-state index < -0.39 is 32.3 Å². The van der Waals surface area contributed by atoms with Crippen LogP contribution in [0.5, 0.6) is 0 Å². The molecule has 0 aliphatic heterocycles. The van der Waals surface area contributed by atoms with Gasteiger partial charge >= 0.3 is 0 Å². The minimum Gasteiger partial charge on any atom is -0.227 e. The molecule has 2 nitrogen and oxygen atoms in total. The van der Waals surface area contributed by atoms with Gasteiger partial charge in [0, 0.05) is 0 Å². The molecule has 0 radical (unpaired) electrons. The van der Waals surface area contributed by atoms with Crippen molar-refractivity contribution >= 4 is 22.3 Å². The molecule has 0 aromatic heterocycles. The molecule has 0 heterocycles. The lowest BCUT2D eigenvalue weighted by molar-refractivity contribution is 0.561. The van der Waals surface area contributed by atoms with Crippen LogP contribution in [0.3, 0.4) is 0 Å². The van der Waals surface area contributed by atoms with Gasteiger partial charge in [-0.25, -0.2) is 17.2 Å². The zero-order valence-electron chi connectivity index (χ0n) is 5.55. The maximum Gasteiger partial charge on any atom is 0.171 e. The Morgan fingerprint density at radius 2 is 1.75 bits per heavy atom. The molecule has 12 heavy (non-hydrogen) atoms. The minimum atomic E-state index is -3.12. The van der Waals surface area contributed by atoms with Crippen LogP contribution in [0.15, 0.2) is 17.0 Å². The lowest BCUT2D eigenvalue weighted by Gasteiger charge is -1.96. The third-order valence-electron chi connectivity index (χ3n) is 1.19. The van der Waals surface area contributed by atoms with Gasteiger partial charge in [0.1, 0.15) is 16.5 Å². The van der Waals surface area contributed by atoms with Crippen LogP contribution in [0.2, 0.25) is 5.02 Å². The largest absolute Gasteiger partial charge is 0.227 e. The summed E-state index contributed by atoms with van der Waals surface area (Å²) in [5.41, 5.74) is 0. The van der Waals surface area contributed by atoms with Crippen LogP contribution in [0.25, 0.3) is 0 Å². The fourth-order valence-corrected chi connectivity index (χ4v) is 1.26. The van der Waals surface area contributed by atoms with Crippen molar-refractivity contribution in [2.75, 3.05) is 0 Å². The van der Waals surface area contributed by atoms with Gasteiger partial charge in [-0.05, 0) is 12.1 Å². The van der Waals surface area contributed by atoms with Crippen molar-refractivity contribution in [2.24, 2.45) is 0 Å². The van der Waals surface area contributed by atoms with Crippen LogP contribution in [0.1, 0.15) is 0 Å². The fourth-order valence-electron chi connectivity index (χ4n) is 0.652. The minimum absolute atomic E-state index is 0.437. The van der Waals surface area contributed by atoms with E-state index in [2.05, 4.69) is 0 Å². The molecule has 0 fully saturated rings. The van der Waals surface area contributed by atoms with Crippen molar-refractivity contribution in [3.63, 3.8) is 0 Å². The Morgan fingerprint density at radius 1 is 1.17 bits per heavy atom. The summed E-state index contributed by atoms with van der Waals surface area (Å²) in [6.07, 6.45) is 0. The van der Waals surface area contributed by atoms with Gasteiger partial charge in [-0.2, -0.15) is 0 Å². The molecular formula is C6H3ClF2O2S. The van der Waals surface area contributed by atoms with E-state index in [4.69, 9.17) is 11.6 Å². The van der Waals surface area contributed by atoms with Crippen LogP contribution >= 0.6 is 11.6 Å². The second-order valence-electron chi connectivity index (χ2n) is 1.97.